The molecule has 2 aromatic rings. The highest BCUT2D eigenvalue weighted by Gasteiger charge is 2.57. The van der Waals surface area contributed by atoms with Gasteiger partial charge < -0.3 is 5.32 Å². The second-order valence-corrected chi connectivity index (χ2v) is 10.3. The molecule has 1 aliphatic rings. The molecule has 3 nitrogen and oxygen atoms in total. The number of hydrogen-bond acceptors (Lipinski definition) is 2. The molecule has 1 heterocycles. The van der Waals surface area contributed by atoms with Crippen molar-refractivity contribution in [1.82, 2.24) is 5.32 Å². The van der Waals surface area contributed by atoms with Gasteiger partial charge >= 0.3 is 0 Å². The number of benzene rings is 2. The first kappa shape index (κ1) is 17.2. The maximum absolute atomic E-state index is 14.5. The van der Waals surface area contributed by atoms with Gasteiger partial charge in [-0.15, -0.1) is 0 Å². The molecule has 126 valence electrons. The topological polar surface area (TPSA) is 32.3 Å². The summed E-state index contributed by atoms with van der Waals surface area (Å²) in [6.07, 6.45) is 0.780. The summed E-state index contributed by atoms with van der Waals surface area (Å²) in [5.41, 5.74) is 0.870. The van der Waals surface area contributed by atoms with Crippen LogP contribution in [-0.4, -0.2) is 10.4 Å². The Labute approximate surface area is 149 Å². The number of para-hydroxylation sites is 1. The third-order valence-corrected chi connectivity index (χ3v) is 8.48. The van der Waals surface area contributed by atoms with Crippen molar-refractivity contribution in [1.29, 1.82) is 0 Å². The minimum Gasteiger partial charge on any atom is -0.348 e. The molecule has 0 spiro atoms. The van der Waals surface area contributed by atoms with Gasteiger partial charge in [0, 0.05) is 5.30 Å². The van der Waals surface area contributed by atoms with Gasteiger partial charge in [0.15, 0.2) is 5.11 Å². The summed E-state index contributed by atoms with van der Waals surface area (Å²) in [6.45, 7) is 6.34. The number of thiocarbonyl (C=S) groups is 1. The zero-order valence-electron chi connectivity index (χ0n) is 14.3. The summed E-state index contributed by atoms with van der Waals surface area (Å²) in [5, 5.41) is 4.18. The van der Waals surface area contributed by atoms with Crippen molar-refractivity contribution < 1.29 is 4.57 Å². The van der Waals surface area contributed by atoms with E-state index in [9.17, 15) is 4.57 Å². The molecule has 1 aliphatic heterocycles. The molecular weight excluding hydrogens is 335 g/mol. The average molecular weight is 358 g/mol. The molecule has 2 atom stereocenters. The van der Waals surface area contributed by atoms with E-state index in [1.54, 1.807) is 0 Å². The van der Waals surface area contributed by atoms with Crippen molar-refractivity contribution in [2.45, 2.75) is 32.5 Å². The van der Waals surface area contributed by atoms with Crippen molar-refractivity contribution in [3.63, 3.8) is 0 Å². The van der Waals surface area contributed by atoms with Gasteiger partial charge in [-0.3, -0.25) is 9.24 Å². The fraction of sp³-hybridized carbons (Fsp3) is 0.316. The van der Waals surface area contributed by atoms with Crippen LogP contribution in [0.1, 0.15) is 27.2 Å². The third kappa shape index (κ3) is 2.68. The fourth-order valence-electron chi connectivity index (χ4n) is 3.56. The molecule has 3 rings (SSSR count). The minimum atomic E-state index is -3.01. The van der Waals surface area contributed by atoms with Crippen LogP contribution in [-0.2, 0) is 4.57 Å². The smallest absolute Gasteiger partial charge is 0.231 e. The van der Waals surface area contributed by atoms with E-state index in [1.807, 2.05) is 72.3 Å². The molecular formula is C19H23N2OPS. The Kier molecular flexibility index (Phi) is 4.54. The molecule has 0 aliphatic carbocycles. The van der Waals surface area contributed by atoms with Crippen LogP contribution >= 0.6 is 19.5 Å². The van der Waals surface area contributed by atoms with Gasteiger partial charge in [-0.25, -0.2) is 0 Å². The van der Waals surface area contributed by atoms with Crippen molar-refractivity contribution in [2.75, 3.05) is 4.67 Å². The van der Waals surface area contributed by atoms with Gasteiger partial charge in [0.1, 0.15) is 5.28 Å². The predicted octanol–water partition coefficient (Wildman–Crippen LogP) is 4.75. The molecule has 0 bridgehead atoms. The summed E-state index contributed by atoms with van der Waals surface area (Å²) < 4.78 is 16.4. The zero-order chi connectivity index (χ0) is 17.4. The van der Waals surface area contributed by atoms with Crippen molar-refractivity contribution in [3.8, 4) is 0 Å². The SMILES string of the molecule is CC(C)C[C@@]1(C)NC(=S)N(c2ccccc2)[P@]1(=O)c1ccccc1. The Morgan fingerprint density at radius 3 is 2.17 bits per heavy atom. The van der Waals surface area contributed by atoms with Gasteiger partial charge in [-0.1, -0.05) is 50.2 Å². The normalized spacial score (nSPS) is 26.7. The largest absolute Gasteiger partial charge is 0.348 e. The predicted molar refractivity (Wildman–Crippen MR) is 106 cm³/mol. The van der Waals surface area contributed by atoms with E-state index in [-0.39, 0.29) is 0 Å². The van der Waals surface area contributed by atoms with Gasteiger partial charge in [0.25, 0.3) is 0 Å². The molecule has 0 radical (unpaired) electrons. The first-order valence-electron chi connectivity index (χ1n) is 8.22. The minimum absolute atomic E-state index is 0.401. The standard InChI is InChI=1S/C19H23N2OPS/c1-15(2)14-19(3)20-18(24)21(16-10-6-4-7-11-16)23(19,22)17-12-8-5-9-13-17/h4-13,15H,14H2,1-3H3,(H,20,24)/t19-,23-/m0/s1. The number of anilines is 1. The molecule has 5 heteroatoms. The highest BCUT2D eigenvalue weighted by Crippen LogP contribution is 2.65. The van der Waals surface area contributed by atoms with E-state index in [2.05, 4.69) is 19.2 Å². The van der Waals surface area contributed by atoms with Crippen LogP contribution in [0.2, 0.25) is 0 Å². The van der Waals surface area contributed by atoms with Gasteiger partial charge in [-0.2, -0.15) is 0 Å². The van der Waals surface area contributed by atoms with E-state index >= 15 is 0 Å². The zero-order valence-corrected chi connectivity index (χ0v) is 16.0. The number of rotatable bonds is 4. The van der Waals surface area contributed by atoms with Crippen molar-refractivity contribution in [3.05, 3.63) is 60.7 Å². The average Bonchev–Trinajstić information content (AvgIpc) is 2.75. The lowest BCUT2D eigenvalue weighted by molar-refractivity contribution is 0.435. The molecule has 0 unspecified atom stereocenters. The van der Waals surface area contributed by atoms with Crippen LogP contribution in [0, 0.1) is 5.92 Å². The van der Waals surface area contributed by atoms with Gasteiger partial charge in [0.2, 0.25) is 7.29 Å². The summed E-state index contributed by atoms with van der Waals surface area (Å²) in [6, 6.07) is 19.5. The maximum atomic E-state index is 14.5. The first-order chi connectivity index (χ1) is 11.4. The molecule has 0 saturated carbocycles. The van der Waals surface area contributed by atoms with Crippen LogP contribution in [0.5, 0.6) is 0 Å². The number of nitrogens with one attached hydrogen (secondary N) is 1. The van der Waals surface area contributed by atoms with Crippen LogP contribution < -0.4 is 15.3 Å². The second kappa shape index (κ2) is 6.34. The molecule has 1 fully saturated rings. The van der Waals surface area contributed by atoms with Crippen LogP contribution in [0.4, 0.5) is 5.69 Å². The highest BCUT2D eigenvalue weighted by atomic mass is 32.1. The lowest BCUT2D eigenvalue weighted by Gasteiger charge is -2.35. The Bertz CT molecular complexity index is 778. The van der Waals surface area contributed by atoms with E-state index in [1.165, 1.54) is 0 Å². The first-order valence-corrected chi connectivity index (χ1v) is 10.3. The van der Waals surface area contributed by atoms with Crippen LogP contribution in [0.25, 0.3) is 0 Å². The van der Waals surface area contributed by atoms with E-state index in [0.717, 1.165) is 17.4 Å². The van der Waals surface area contributed by atoms with E-state index in [4.69, 9.17) is 12.2 Å². The molecule has 0 amide bonds. The summed E-state index contributed by atoms with van der Waals surface area (Å²) in [7, 11) is -3.01. The lowest BCUT2D eigenvalue weighted by Crippen LogP contribution is -2.40. The Balaban J connectivity index is 2.22. The Morgan fingerprint density at radius 1 is 1.08 bits per heavy atom. The summed E-state index contributed by atoms with van der Waals surface area (Å²) in [4.78, 5) is 0. The highest BCUT2D eigenvalue weighted by molar-refractivity contribution is 7.85. The second-order valence-electron chi connectivity index (χ2n) is 6.86. The fourth-order valence-corrected chi connectivity index (χ4v) is 7.76. The number of nitrogens with zero attached hydrogens (tertiary/aromatic N) is 1. The van der Waals surface area contributed by atoms with E-state index < -0.39 is 12.6 Å². The monoisotopic (exact) mass is 358 g/mol. The lowest BCUT2D eigenvalue weighted by atomic mass is 10.0. The molecule has 24 heavy (non-hydrogen) atoms. The molecule has 2 aromatic carbocycles. The van der Waals surface area contributed by atoms with Crippen LogP contribution in [0.15, 0.2) is 60.7 Å². The van der Waals surface area contributed by atoms with Crippen molar-refractivity contribution in [2.24, 2.45) is 5.92 Å². The van der Waals surface area contributed by atoms with Gasteiger partial charge in [0.05, 0.1) is 5.69 Å². The van der Waals surface area contributed by atoms with Crippen molar-refractivity contribution >= 4 is 35.6 Å². The maximum Gasteiger partial charge on any atom is 0.231 e. The Hall–Kier alpha value is -1.64. The molecule has 1 saturated heterocycles. The quantitative estimate of drug-likeness (QED) is 0.632. The summed E-state index contributed by atoms with van der Waals surface area (Å²) >= 11 is 5.62. The third-order valence-electron chi connectivity index (χ3n) is 4.43. The molecule has 0 aromatic heterocycles. The van der Waals surface area contributed by atoms with E-state index in [0.29, 0.717) is 11.0 Å². The summed E-state index contributed by atoms with van der Waals surface area (Å²) in [5.74, 6) is 0.401. The van der Waals surface area contributed by atoms with Crippen LogP contribution in [0.3, 0.4) is 0 Å². The van der Waals surface area contributed by atoms with Gasteiger partial charge in [-0.05, 0) is 55.7 Å². The number of hydrogen-bond donors (Lipinski definition) is 1. The Morgan fingerprint density at radius 2 is 1.62 bits per heavy atom. The molecule has 1 N–H and O–H groups in total.